The number of ketones is 1. The van der Waals surface area contributed by atoms with Gasteiger partial charge in [0.2, 0.25) is 5.91 Å². The fraction of sp³-hybridized carbons (Fsp3) is 0.290. The van der Waals surface area contributed by atoms with Crippen LogP contribution in [-0.4, -0.2) is 48.3 Å². The molecule has 3 atom stereocenters. The molecule has 4 rings (SSSR count). The summed E-state index contributed by atoms with van der Waals surface area (Å²) in [6.07, 6.45) is 1.81. The van der Waals surface area contributed by atoms with Crippen LogP contribution in [-0.2, 0) is 20.7 Å². The summed E-state index contributed by atoms with van der Waals surface area (Å²) in [6.45, 7) is 0.453. The monoisotopic (exact) mass is 509 g/mol. The number of hydrogen-bond acceptors (Lipinski definition) is 6. The number of rotatable bonds is 10. The molecule has 2 N–H and O–H groups in total. The van der Waals surface area contributed by atoms with Crippen molar-refractivity contribution in [2.24, 2.45) is 11.7 Å². The van der Waals surface area contributed by atoms with Gasteiger partial charge in [-0.05, 0) is 48.1 Å². The average molecular weight is 510 g/mol. The molecule has 1 saturated heterocycles. The number of esters is 1. The summed E-state index contributed by atoms with van der Waals surface area (Å²) in [5.41, 5.74) is 10.6. The predicted molar refractivity (Wildman–Crippen MR) is 144 cm³/mol. The van der Waals surface area contributed by atoms with Gasteiger partial charge in [0.15, 0.2) is 5.78 Å². The third-order valence-electron chi connectivity index (χ3n) is 7.14. The van der Waals surface area contributed by atoms with Crippen molar-refractivity contribution in [3.63, 3.8) is 0 Å². The van der Waals surface area contributed by atoms with E-state index in [0.717, 1.165) is 24.0 Å². The minimum Gasteiger partial charge on any atom is -0.469 e. The number of Topliss-reactive ketones (excluding diaryl/α,β-unsaturated/α-hetero) is 1. The Morgan fingerprint density at radius 1 is 1.03 bits per heavy atom. The molecular formula is C31H31N3O4. The topological polar surface area (TPSA) is 113 Å². The molecule has 0 aliphatic carbocycles. The summed E-state index contributed by atoms with van der Waals surface area (Å²) in [7, 11) is 1.30. The van der Waals surface area contributed by atoms with Crippen LogP contribution in [0.1, 0.15) is 40.7 Å². The van der Waals surface area contributed by atoms with Crippen molar-refractivity contribution >= 4 is 17.7 Å². The summed E-state index contributed by atoms with van der Waals surface area (Å²) in [4.78, 5) is 40.3. The second kappa shape index (κ2) is 12.3. The van der Waals surface area contributed by atoms with E-state index >= 15 is 0 Å². The fourth-order valence-electron chi connectivity index (χ4n) is 5.02. The number of ether oxygens (including phenoxy) is 1. The minimum absolute atomic E-state index is 0.0266. The Hall–Kier alpha value is -4.28. The Bertz CT molecular complexity index is 1310. The van der Waals surface area contributed by atoms with E-state index in [1.54, 1.807) is 29.2 Å². The highest BCUT2D eigenvalue weighted by Gasteiger charge is 2.44. The van der Waals surface area contributed by atoms with Gasteiger partial charge in [-0.2, -0.15) is 5.26 Å². The van der Waals surface area contributed by atoms with E-state index in [-0.39, 0.29) is 18.1 Å². The molecule has 3 aromatic carbocycles. The number of benzene rings is 3. The minimum atomic E-state index is -0.918. The molecule has 7 heteroatoms. The number of aryl methyl sites for hydroxylation is 1. The van der Waals surface area contributed by atoms with E-state index < -0.39 is 24.0 Å². The fourth-order valence-corrected chi connectivity index (χ4v) is 5.02. The molecule has 0 saturated carbocycles. The molecule has 38 heavy (non-hydrogen) atoms. The molecule has 1 amide bonds. The number of nitrogens with zero attached hydrogens (tertiary/aromatic N) is 2. The number of amides is 1. The van der Waals surface area contributed by atoms with Crippen molar-refractivity contribution in [2.75, 3.05) is 13.7 Å². The maximum Gasteiger partial charge on any atom is 0.306 e. The standard InChI is InChI=1S/C31H31N3O4/c1-38-28(35)19-26-18-27(34(31(26)37)17-5-8-21-6-3-2-4-7-21)29(33)30(36)25-15-13-24(14-16-25)23-11-9-22(20-32)10-12-23/h2-4,6-7,9-16,26-27,29H,5,8,17-19,33H2,1H3/t26-,27-,29?/m0/s1. The Kier molecular flexibility index (Phi) is 8.67. The van der Waals surface area contributed by atoms with Crippen LogP contribution in [0.2, 0.25) is 0 Å². The number of nitrogens with two attached hydrogens (primary N) is 1. The SMILES string of the molecule is COC(=O)C[C@@H]1C[C@@H](C(N)C(=O)c2ccc(-c3ccc(C#N)cc3)cc2)N(CCCc2ccccc2)C1=O. The van der Waals surface area contributed by atoms with Crippen molar-refractivity contribution in [2.45, 2.75) is 37.8 Å². The van der Waals surface area contributed by atoms with Crippen LogP contribution in [0.3, 0.4) is 0 Å². The molecule has 7 nitrogen and oxygen atoms in total. The zero-order chi connectivity index (χ0) is 27.1. The second-order valence-electron chi connectivity index (χ2n) is 9.56. The highest BCUT2D eigenvalue weighted by atomic mass is 16.5. The number of carbonyl (C=O) groups excluding carboxylic acids is 3. The number of nitriles is 1. The molecule has 1 aliphatic rings. The van der Waals surface area contributed by atoms with Crippen molar-refractivity contribution in [3.05, 3.63) is 95.6 Å². The quantitative estimate of drug-likeness (QED) is 0.324. The summed E-state index contributed by atoms with van der Waals surface area (Å²) in [5, 5.41) is 9.00. The lowest BCUT2D eigenvalue weighted by molar-refractivity contribution is -0.144. The largest absolute Gasteiger partial charge is 0.469 e. The maximum absolute atomic E-state index is 13.4. The molecule has 1 unspecified atom stereocenters. The lowest BCUT2D eigenvalue weighted by atomic mass is 9.92. The first-order chi connectivity index (χ1) is 18.4. The van der Waals surface area contributed by atoms with Crippen LogP contribution in [0.15, 0.2) is 78.9 Å². The smallest absolute Gasteiger partial charge is 0.306 e. The van der Waals surface area contributed by atoms with Crippen molar-refractivity contribution in [1.82, 2.24) is 4.90 Å². The Morgan fingerprint density at radius 3 is 2.26 bits per heavy atom. The number of likely N-dealkylation sites (tertiary alicyclic amines) is 1. The summed E-state index contributed by atoms with van der Waals surface area (Å²) < 4.78 is 4.78. The molecule has 0 aromatic heterocycles. The van der Waals surface area contributed by atoms with E-state index in [2.05, 4.69) is 6.07 Å². The zero-order valence-electron chi connectivity index (χ0n) is 21.4. The van der Waals surface area contributed by atoms with Gasteiger partial charge < -0.3 is 15.4 Å². The highest BCUT2D eigenvalue weighted by Crippen LogP contribution is 2.31. The Morgan fingerprint density at radius 2 is 1.66 bits per heavy atom. The summed E-state index contributed by atoms with van der Waals surface area (Å²) >= 11 is 0. The lowest BCUT2D eigenvalue weighted by Gasteiger charge is -2.29. The Labute approximate surface area is 222 Å². The number of methoxy groups -OCH3 is 1. The van der Waals surface area contributed by atoms with Gasteiger partial charge in [0.25, 0.3) is 0 Å². The normalized spacial score (nSPS) is 17.6. The third kappa shape index (κ3) is 6.16. The van der Waals surface area contributed by atoms with Crippen LogP contribution in [0.5, 0.6) is 0 Å². The molecule has 0 bridgehead atoms. The molecular weight excluding hydrogens is 478 g/mol. The molecule has 1 heterocycles. The van der Waals surface area contributed by atoms with Crippen LogP contribution in [0.25, 0.3) is 11.1 Å². The van der Waals surface area contributed by atoms with E-state index in [0.29, 0.717) is 24.1 Å². The lowest BCUT2D eigenvalue weighted by Crippen LogP contribution is -2.50. The van der Waals surface area contributed by atoms with Gasteiger partial charge in [-0.25, -0.2) is 0 Å². The van der Waals surface area contributed by atoms with E-state index in [1.165, 1.54) is 12.7 Å². The van der Waals surface area contributed by atoms with Gasteiger partial charge in [-0.15, -0.1) is 0 Å². The number of carbonyl (C=O) groups is 3. The van der Waals surface area contributed by atoms with Crippen LogP contribution < -0.4 is 5.73 Å². The second-order valence-corrected chi connectivity index (χ2v) is 9.56. The van der Waals surface area contributed by atoms with Crippen LogP contribution in [0.4, 0.5) is 0 Å². The van der Waals surface area contributed by atoms with Crippen molar-refractivity contribution < 1.29 is 19.1 Å². The van der Waals surface area contributed by atoms with Gasteiger partial charge in [-0.3, -0.25) is 14.4 Å². The number of hydrogen-bond donors (Lipinski definition) is 1. The first-order valence-electron chi connectivity index (χ1n) is 12.7. The maximum atomic E-state index is 13.4. The van der Waals surface area contributed by atoms with Crippen LogP contribution in [0, 0.1) is 17.2 Å². The molecule has 3 aromatic rings. The average Bonchev–Trinajstić information content (AvgIpc) is 3.27. The predicted octanol–water partition coefficient (Wildman–Crippen LogP) is 4.15. The highest BCUT2D eigenvalue weighted by molar-refractivity contribution is 6.01. The van der Waals surface area contributed by atoms with Gasteiger partial charge >= 0.3 is 5.97 Å². The first-order valence-corrected chi connectivity index (χ1v) is 12.7. The summed E-state index contributed by atoms with van der Waals surface area (Å²) in [6, 6.07) is 25.1. The third-order valence-corrected chi connectivity index (χ3v) is 7.14. The molecule has 0 spiro atoms. The zero-order valence-corrected chi connectivity index (χ0v) is 21.4. The van der Waals surface area contributed by atoms with Gasteiger partial charge in [-0.1, -0.05) is 66.7 Å². The van der Waals surface area contributed by atoms with Gasteiger partial charge in [0.1, 0.15) is 0 Å². The summed E-state index contributed by atoms with van der Waals surface area (Å²) in [5.74, 6) is -1.41. The van der Waals surface area contributed by atoms with E-state index in [4.69, 9.17) is 15.7 Å². The first kappa shape index (κ1) is 26.8. The molecule has 194 valence electrons. The van der Waals surface area contributed by atoms with Crippen molar-refractivity contribution in [3.8, 4) is 17.2 Å². The molecule has 1 aliphatic heterocycles. The van der Waals surface area contributed by atoms with E-state index in [9.17, 15) is 14.4 Å². The van der Waals surface area contributed by atoms with Crippen molar-refractivity contribution in [1.29, 1.82) is 5.26 Å². The molecule has 0 radical (unpaired) electrons. The Balaban J connectivity index is 1.48. The molecule has 1 fully saturated rings. The van der Waals surface area contributed by atoms with Gasteiger partial charge in [0.05, 0.1) is 43.2 Å². The van der Waals surface area contributed by atoms with Crippen LogP contribution >= 0.6 is 0 Å². The van der Waals surface area contributed by atoms with Gasteiger partial charge in [0, 0.05) is 12.1 Å². The van der Waals surface area contributed by atoms with E-state index in [1.807, 2.05) is 54.6 Å².